The topological polar surface area (TPSA) is 51.0 Å². The minimum Gasteiger partial charge on any atom is -0.338 e. The molecule has 3 aromatic rings. The Hall–Kier alpha value is -2.24. The van der Waals surface area contributed by atoms with Crippen molar-refractivity contribution in [2.24, 2.45) is 0 Å². The molecule has 0 unspecified atom stereocenters. The second kappa shape index (κ2) is 6.82. The standard InChI is InChI=1S/C20H19ClFN3O/c1-13-3-4-14(11-17(13)22)19-24-18(26-25-19)12-23-20(9-2-10-20)15-5-7-16(21)8-6-15/h3-8,11,23H,2,9-10,12H2,1H3. The van der Waals surface area contributed by atoms with Gasteiger partial charge in [-0.25, -0.2) is 4.39 Å². The lowest BCUT2D eigenvalue weighted by atomic mass is 9.72. The largest absolute Gasteiger partial charge is 0.338 e. The number of benzene rings is 2. The van der Waals surface area contributed by atoms with Crippen LogP contribution in [-0.2, 0) is 12.1 Å². The minimum atomic E-state index is -0.275. The molecule has 0 bridgehead atoms. The molecule has 1 N–H and O–H groups in total. The van der Waals surface area contributed by atoms with Gasteiger partial charge in [-0.15, -0.1) is 0 Å². The monoisotopic (exact) mass is 371 g/mol. The highest BCUT2D eigenvalue weighted by Crippen LogP contribution is 2.41. The first-order valence-electron chi connectivity index (χ1n) is 8.66. The van der Waals surface area contributed by atoms with Crippen molar-refractivity contribution in [1.29, 1.82) is 0 Å². The molecule has 4 nitrogen and oxygen atoms in total. The van der Waals surface area contributed by atoms with E-state index < -0.39 is 0 Å². The summed E-state index contributed by atoms with van der Waals surface area (Å²) in [6.45, 7) is 2.18. The van der Waals surface area contributed by atoms with Crippen molar-refractivity contribution in [3.8, 4) is 11.4 Å². The molecular formula is C20H19ClFN3O. The third-order valence-electron chi connectivity index (χ3n) is 5.08. The highest BCUT2D eigenvalue weighted by Gasteiger charge is 2.38. The molecule has 1 aromatic heterocycles. The van der Waals surface area contributed by atoms with Gasteiger partial charge in [0.25, 0.3) is 0 Å². The van der Waals surface area contributed by atoms with Gasteiger partial charge in [0, 0.05) is 16.1 Å². The first kappa shape index (κ1) is 17.2. The number of nitrogens with zero attached hydrogens (tertiary/aromatic N) is 2. The van der Waals surface area contributed by atoms with Gasteiger partial charge in [0.2, 0.25) is 11.7 Å². The van der Waals surface area contributed by atoms with Gasteiger partial charge in [0.1, 0.15) is 5.82 Å². The predicted molar refractivity (Wildman–Crippen MR) is 98.2 cm³/mol. The predicted octanol–water partition coefficient (Wildman–Crippen LogP) is 5.01. The second-order valence-electron chi connectivity index (χ2n) is 6.77. The van der Waals surface area contributed by atoms with E-state index >= 15 is 0 Å². The van der Waals surface area contributed by atoms with Crippen LogP contribution in [0, 0.1) is 12.7 Å². The Morgan fingerprint density at radius 3 is 2.62 bits per heavy atom. The van der Waals surface area contributed by atoms with Gasteiger partial charge in [-0.1, -0.05) is 41.0 Å². The molecule has 26 heavy (non-hydrogen) atoms. The molecule has 0 radical (unpaired) electrons. The molecule has 0 saturated heterocycles. The highest BCUT2D eigenvalue weighted by atomic mass is 35.5. The summed E-state index contributed by atoms with van der Waals surface area (Å²) in [5.74, 6) is 0.610. The zero-order chi connectivity index (χ0) is 18.1. The van der Waals surface area contributed by atoms with Gasteiger partial charge in [-0.05, 0) is 55.5 Å². The minimum absolute atomic E-state index is 0.0742. The van der Waals surface area contributed by atoms with Gasteiger partial charge < -0.3 is 4.52 Å². The molecule has 1 saturated carbocycles. The average Bonchev–Trinajstić information content (AvgIpc) is 3.07. The fourth-order valence-corrected chi connectivity index (χ4v) is 3.41. The van der Waals surface area contributed by atoms with E-state index in [0.29, 0.717) is 29.4 Å². The summed E-state index contributed by atoms with van der Waals surface area (Å²) in [6, 6.07) is 12.9. The third-order valence-corrected chi connectivity index (χ3v) is 5.33. The van der Waals surface area contributed by atoms with Gasteiger partial charge in [0.05, 0.1) is 6.54 Å². The number of hydrogen-bond acceptors (Lipinski definition) is 4. The van der Waals surface area contributed by atoms with Crippen molar-refractivity contribution in [3.05, 3.63) is 70.3 Å². The second-order valence-corrected chi connectivity index (χ2v) is 7.21. The Bertz CT molecular complexity index is 919. The summed E-state index contributed by atoms with van der Waals surface area (Å²) in [5, 5.41) is 8.26. The average molecular weight is 372 g/mol. The van der Waals surface area contributed by atoms with Crippen LogP contribution in [0.3, 0.4) is 0 Å². The smallest absolute Gasteiger partial charge is 0.240 e. The molecule has 0 amide bonds. The van der Waals surface area contributed by atoms with E-state index in [1.165, 1.54) is 18.1 Å². The van der Waals surface area contributed by atoms with Crippen molar-refractivity contribution < 1.29 is 8.91 Å². The summed E-state index contributed by atoms with van der Waals surface area (Å²) in [7, 11) is 0. The molecule has 1 fully saturated rings. The third kappa shape index (κ3) is 3.24. The van der Waals surface area contributed by atoms with Crippen LogP contribution in [0.4, 0.5) is 4.39 Å². The Kier molecular flexibility index (Phi) is 4.51. The summed E-state index contributed by atoms with van der Waals surface area (Å²) in [5.41, 5.74) is 2.34. The number of rotatable bonds is 5. The first-order chi connectivity index (χ1) is 12.6. The van der Waals surface area contributed by atoms with Crippen molar-refractivity contribution in [3.63, 3.8) is 0 Å². The first-order valence-corrected chi connectivity index (χ1v) is 9.04. The molecule has 0 spiro atoms. The van der Waals surface area contributed by atoms with Crippen molar-refractivity contribution in [2.75, 3.05) is 0 Å². The molecular weight excluding hydrogens is 353 g/mol. The van der Waals surface area contributed by atoms with Crippen LogP contribution >= 0.6 is 11.6 Å². The lowest BCUT2D eigenvalue weighted by molar-refractivity contribution is 0.175. The van der Waals surface area contributed by atoms with Crippen LogP contribution in [0.2, 0.25) is 5.02 Å². The van der Waals surface area contributed by atoms with Crippen LogP contribution in [0.25, 0.3) is 11.4 Å². The zero-order valence-electron chi connectivity index (χ0n) is 14.4. The molecule has 6 heteroatoms. The van der Waals surface area contributed by atoms with Crippen LogP contribution < -0.4 is 5.32 Å². The number of hydrogen-bond donors (Lipinski definition) is 1. The number of nitrogens with one attached hydrogen (secondary N) is 1. The van der Waals surface area contributed by atoms with Crippen LogP contribution in [0.15, 0.2) is 47.0 Å². The summed E-state index contributed by atoms with van der Waals surface area (Å²) >= 11 is 6.00. The fraction of sp³-hybridized carbons (Fsp3) is 0.300. The molecule has 1 aliphatic rings. The number of aromatic nitrogens is 2. The van der Waals surface area contributed by atoms with E-state index in [0.717, 1.165) is 17.9 Å². The maximum Gasteiger partial charge on any atom is 0.240 e. The summed E-state index contributed by atoms with van der Waals surface area (Å²) in [4.78, 5) is 4.39. The van der Waals surface area contributed by atoms with Crippen molar-refractivity contribution >= 4 is 11.6 Å². The SMILES string of the molecule is Cc1ccc(-c2noc(CNC3(c4ccc(Cl)cc4)CCC3)n2)cc1F. The molecule has 1 aliphatic carbocycles. The van der Waals surface area contributed by atoms with Gasteiger partial charge in [0.15, 0.2) is 0 Å². The number of aryl methyl sites for hydroxylation is 1. The van der Waals surface area contributed by atoms with Crippen molar-refractivity contribution in [2.45, 2.75) is 38.3 Å². The van der Waals surface area contributed by atoms with Crippen LogP contribution in [-0.4, -0.2) is 10.1 Å². The molecule has 1 heterocycles. The molecule has 2 aromatic carbocycles. The Balaban J connectivity index is 1.48. The molecule has 0 aliphatic heterocycles. The van der Waals surface area contributed by atoms with Gasteiger partial charge >= 0.3 is 0 Å². The highest BCUT2D eigenvalue weighted by molar-refractivity contribution is 6.30. The van der Waals surface area contributed by atoms with Crippen LogP contribution in [0.5, 0.6) is 0 Å². The van der Waals surface area contributed by atoms with E-state index in [4.69, 9.17) is 16.1 Å². The number of halogens is 2. The van der Waals surface area contributed by atoms with Gasteiger partial charge in [-0.3, -0.25) is 5.32 Å². The molecule has 4 rings (SSSR count). The summed E-state index contributed by atoms with van der Waals surface area (Å²) in [6.07, 6.45) is 3.28. The Morgan fingerprint density at radius 1 is 1.19 bits per heavy atom. The van der Waals surface area contributed by atoms with Crippen LogP contribution in [0.1, 0.15) is 36.3 Å². The van der Waals surface area contributed by atoms with E-state index in [-0.39, 0.29) is 11.4 Å². The molecule has 134 valence electrons. The fourth-order valence-electron chi connectivity index (χ4n) is 3.29. The zero-order valence-corrected chi connectivity index (χ0v) is 15.2. The Labute approximate surface area is 156 Å². The maximum atomic E-state index is 13.7. The van der Waals surface area contributed by atoms with Crippen molar-refractivity contribution in [1.82, 2.24) is 15.5 Å². The van der Waals surface area contributed by atoms with Gasteiger partial charge in [-0.2, -0.15) is 4.98 Å². The van der Waals surface area contributed by atoms with E-state index in [1.807, 2.05) is 12.1 Å². The quantitative estimate of drug-likeness (QED) is 0.685. The summed E-state index contributed by atoms with van der Waals surface area (Å²) < 4.78 is 19.1. The normalized spacial score (nSPS) is 15.7. The van der Waals surface area contributed by atoms with E-state index in [9.17, 15) is 4.39 Å². The molecule has 0 atom stereocenters. The lowest BCUT2D eigenvalue weighted by Gasteiger charge is -2.43. The Morgan fingerprint density at radius 2 is 1.96 bits per heavy atom. The van der Waals surface area contributed by atoms with E-state index in [2.05, 4.69) is 27.6 Å². The maximum absolute atomic E-state index is 13.7. The lowest BCUT2D eigenvalue weighted by Crippen LogP contribution is -2.47. The van der Waals surface area contributed by atoms with E-state index in [1.54, 1.807) is 19.1 Å².